The summed E-state index contributed by atoms with van der Waals surface area (Å²) in [6, 6.07) is 1.83. The van der Waals surface area contributed by atoms with Gasteiger partial charge in [-0.2, -0.15) is 0 Å². The maximum absolute atomic E-state index is 11.6. The number of ether oxygens (including phenoxy) is 3. The summed E-state index contributed by atoms with van der Waals surface area (Å²) in [5.74, 6) is 1.63. The van der Waals surface area contributed by atoms with E-state index in [0.717, 1.165) is 5.56 Å². The molecular weight excluding hydrogens is 288 g/mol. The summed E-state index contributed by atoms with van der Waals surface area (Å²) >= 11 is 0. The molecule has 120 valence electrons. The summed E-state index contributed by atoms with van der Waals surface area (Å²) in [6.07, 6.45) is 2.35. The zero-order chi connectivity index (χ0) is 16.1. The summed E-state index contributed by atoms with van der Waals surface area (Å²) in [6.45, 7) is 2.49. The average molecular weight is 308 g/mol. The van der Waals surface area contributed by atoms with Crippen molar-refractivity contribution in [3.8, 4) is 17.2 Å². The predicted molar refractivity (Wildman–Crippen MR) is 80.1 cm³/mol. The van der Waals surface area contributed by atoms with Crippen molar-refractivity contribution in [1.82, 2.24) is 4.90 Å². The first-order chi connectivity index (χ1) is 10.6. The van der Waals surface area contributed by atoms with Gasteiger partial charge >= 0.3 is 0 Å². The van der Waals surface area contributed by atoms with Gasteiger partial charge in [-0.15, -0.1) is 0 Å². The topological polar surface area (TPSA) is 80.6 Å². The Bertz CT molecular complexity index is 586. The maximum Gasteiger partial charge on any atom is 0.231 e. The lowest BCUT2D eigenvalue weighted by Gasteiger charge is -2.18. The predicted octanol–water partition coefficient (Wildman–Crippen LogP) is 1.64. The molecule has 7 nitrogen and oxygen atoms in total. The van der Waals surface area contributed by atoms with Gasteiger partial charge in [-0.1, -0.05) is 12.1 Å². The number of likely N-dealkylation sites (N-methyl/N-ethyl adjacent to an activating group) is 1. The van der Waals surface area contributed by atoms with E-state index in [4.69, 9.17) is 19.4 Å². The molecule has 0 aliphatic carbocycles. The third-order valence-electron chi connectivity index (χ3n) is 3.58. The summed E-state index contributed by atoms with van der Waals surface area (Å²) < 4.78 is 16.2. The summed E-state index contributed by atoms with van der Waals surface area (Å²) in [5.41, 5.74) is 1.47. The molecule has 22 heavy (non-hydrogen) atoms. The highest BCUT2D eigenvalue weighted by Gasteiger charge is 2.24. The van der Waals surface area contributed by atoms with Crippen LogP contribution in [0.3, 0.4) is 0 Å². The highest BCUT2D eigenvalue weighted by Crippen LogP contribution is 2.44. The molecule has 1 aromatic carbocycles. The van der Waals surface area contributed by atoms with Crippen LogP contribution in [0.5, 0.6) is 17.2 Å². The first-order valence-electron chi connectivity index (χ1n) is 7.03. The number of amides is 1. The van der Waals surface area contributed by atoms with Crippen molar-refractivity contribution in [1.29, 1.82) is 0 Å². The van der Waals surface area contributed by atoms with Gasteiger partial charge in [0.25, 0.3) is 0 Å². The van der Waals surface area contributed by atoms with E-state index < -0.39 is 0 Å². The molecule has 0 spiro atoms. The van der Waals surface area contributed by atoms with Crippen molar-refractivity contribution < 1.29 is 24.2 Å². The second-order valence-electron chi connectivity index (χ2n) is 4.88. The Morgan fingerprint density at radius 1 is 1.55 bits per heavy atom. The Morgan fingerprint density at radius 2 is 2.32 bits per heavy atom. The number of methoxy groups -OCH3 is 1. The zero-order valence-corrected chi connectivity index (χ0v) is 13.0. The van der Waals surface area contributed by atoms with Gasteiger partial charge in [-0.25, -0.2) is 0 Å². The van der Waals surface area contributed by atoms with Crippen LogP contribution in [0.15, 0.2) is 11.2 Å². The fourth-order valence-corrected chi connectivity index (χ4v) is 2.37. The number of hydrogen-bond donors (Lipinski definition) is 1. The Balaban J connectivity index is 2.32. The minimum atomic E-state index is 0.0742. The second kappa shape index (κ2) is 7.02. The largest absolute Gasteiger partial charge is 0.492 e. The Hall–Kier alpha value is -2.44. The monoisotopic (exact) mass is 308 g/mol. The van der Waals surface area contributed by atoms with Gasteiger partial charge in [0.1, 0.15) is 0 Å². The van der Waals surface area contributed by atoms with Crippen LogP contribution in [0.4, 0.5) is 0 Å². The van der Waals surface area contributed by atoms with Gasteiger partial charge < -0.3 is 24.3 Å². The van der Waals surface area contributed by atoms with Crippen LogP contribution in [0.25, 0.3) is 0 Å². The zero-order valence-electron chi connectivity index (χ0n) is 13.0. The number of benzene rings is 1. The Kier molecular flexibility index (Phi) is 5.08. The normalized spacial score (nSPS) is 12.7. The Morgan fingerprint density at radius 3 is 2.95 bits per heavy atom. The minimum absolute atomic E-state index is 0.0742. The minimum Gasteiger partial charge on any atom is -0.492 e. The number of oxime groups is 1. The van der Waals surface area contributed by atoms with Crippen LogP contribution in [0.2, 0.25) is 0 Å². The maximum atomic E-state index is 11.6. The lowest BCUT2D eigenvalue weighted by atomic mass is 10.0. The van der Waals surface area contributed by atoms with Gasteiger partial charge in [-0.05, 0) is 18.1 Å². The average Bonchev–Trinajstić information content (AvgIpc) is 2.99. The molecule has 1 amide bonds. The van der Waals surface area contributed by atoms with Crippen LogP contribution in [-0.4, -0.2) is 49.7 Å². The molecule has 0 aromatic heterocycles. The van der Waals surface area contributed by atoms with Crippen molar-refractivity contribution in [3.05, 3.63) is 17.2 Å². The van der Waals surface area contributed by atoms with E-state index in [2.05, 4.69) is 5.16 Å². The third-order valence-corrected chi connectivity index (χ3v) is 3.58. The molecule has 1 heterocycles. The van der Waals surface area contributed by atoms with Crippen LogP contribution in [0, 0.1) is 0 Å². The first-order valence-corrected chi connectivity index (χ1v) is 7.03. The molecular formula is C15H20N2O5. The first kappa shape index (κ1) is 15.9. The summed E-state index contributed by atoms with van der Waals surface area (Å²) in [5, 5.41) is 12.0. The molecule has 0 saturated carbocycles. The fraction of sp³-hybridized carbons (Fsp3) is 0.467. The van der Waals surface area contributed by atoms with E-state index in [9.17, 15) is 4.79 Å². The van der Waals surface area contributed by atoms with Crippen molar-refractivity contribution in [3.63, 3.8) is 0 Å². The lowest BCUT2D eigenvalue weighted by molar-refractivity contribution is -0.129. The van der Waals surface area contributed by atoms with Crippen molar-refractivity contribution in [2.24, 2.45) is 5.16 Å². The van der Waals surface area contributed by atoms with E-state index in [-0.39, 0.29) is 12.7 Å². The molecule has 0 unspecified atom stereocenters. The number of rotatable bonds is 6. The smallest absolute Gasteiger partial charge is 0.231 e. The highest BCUT2D eigenvalue weighted by molar-refractivity contribution is 5.88. The lowest BCUT2D eigenvalue weighted by Crippen LogP contribution is -2.28. The molecule has 1 aliphatic rings. The molecule has 0 saturated heterocycles. The molecule has 1 N–H and O–H groups in total. The van der Waals surface area contributed by atoms with Crippen LogP contribution < -0.4 is 14.2 Å². The molecule has 1 aliphatic heterocycles. The molecule has 0 radical (unpaired) electrons. The third kappa shape index (κ3) is 3.08. The molecule has 0 atom stereocenters. The van der Waals surface area contributed by atoms with E-state index in [1.54, 1.807) is 11.9 Å². The van der Waals surface area contributed by atoms with E-state index in [0.29, 0.717) is 42.2 Å². The summed E-state index contributed by atoms with van der Waals surface area (Å²) in [4.78, 5) is 13.3. The number of hydrogen-bond acceptors (Lipinski definition) is 6. The second-order valence-corrected chi connectivity index (χ2v) is 4.88. The number of carbonyl (C=O) groups is 1. The van der Waals surface area contributed by atoms with E-state index in [1.807, 2.05) is 13.0 Å². The molecule has 1 aromatic rings. The van der Waals surface area contributed by atoms with Gasteiger partial charge in [0.15, 0.2) is 11.5 Å². The quantitative estimate of drug-likeness (QED) is 0.491. The number of carbonyl (C=O) groups excluding carboxylic acids is 1. The van der Waals surface area contributed by atoms with Crippen molar-refractivity contribution in [2.45, 2.75) is 19.8 Å². The standard InChI is InChI=1S/C15H20N2O5/c1-4-13(18)17(2)6-5-10-7-12-15(22-9-21-12)14(20-3)11(10)8-16-19/h7-8,19H,4-6,9H2,1-3H3. The van der Waals surface area contributed by atoms with Crippen molar-refractivity contribution >= 4 is 12.1 Å². The van der Waals surface area contributed by atoms with Gasteiger partial charge in [0, 0.05) is 25.6 Å². The van der Waals surface area contributed by atoms with Gasteiger partial charge in [0.2, 0.25) is 18.4 Å². The molecule has 0 bridgehead atoms. The van der Waals surface area contributed by atoms with Crippen LogP contribution >= 0.6 is 0 Å². The van der Waals surface area contributed by atoms with E-state index >= 15 is 0 Å². The van der Waals surface area contributed by atoms with Crippen LogP contribution in [-0.2, 0) is 11.2 Å². The molecule has 2 rings (SSSR count). The molecule has 7 heteroatoms. The van der Waals surface area contributed by atoms with Gasteiger partial charge in [-0.3, -0.25) is 4.79 Å². The van der Waals surface area contributed by atoms with Gasteiger partial charge in [0.05, 0.1) is 13.3 Å². The van der Waals surface area contributed by atoms with Crippen LogP contribution in [0.1, 0.15) is 24.5 Å². The molecule has 0 fully saturated rings. The highest BCUT2D eigenvalue weighted by atomic mass is 16.7. The fourth-order valence-electron chi connectivity index (χ4n) is 2.37. The van der Waals surface area contributed by atoms with E-state index in [1.165, 1.54) is 13.3 Å². The Labute approximate surface area is 129 Å². The summed E-state index contributed by atoms with van der Waals surface area (Å²) in [7, 11) is 3.28. The SMILES string of the molecule is CCC(=O)N(C)CCc1cc2c(c(OC)c1C=NO)OCO2. The number of nitrogens with zero attached hydrogens (tertiary/aromatic N) is 2. The number of fused-ring (bicyclic) bond motifs is 1. The van der Waals surface area contributed by atoms with Crippen molar-refractivity contribution in [2.75, 3.05) is 27.5 Å².